The lowest BCUT2D eigenvalue weighted by molar-refractivity contribution is 0.736. The molecule has 0 aromatic carbocycles. The first-order valence-corrected chi connectivity index (χ1v) is 34.1. The third-order valence-electron chi connectivity index (χ3n) is 18.9. The van der Waals surface area contributed by atoms with E-state index in [1.807, 2.05) is 9.03 Å². The molecule has 0 fully saturated rings. The zero-order chi connectivity index (χ0) is 68.9. The molecule has 0 unspecified atom stereocenters. The van der Waals surface area contributed by atoms with Crippen LogP contribution in [0.25, 0.3) is 28.4 Å². The van der Waals surface area contributed by atoms with Gasteiger partial charge in [0.1, 0.15) is 5.65 Å². The van der Waals surface area contributed by atoms with Crippen molar-refractivity contribution in [1.29, 1.82) is 0 Å². The van der Waals surface area contributed by atoms with Gasteiger partial charge in [-0.2, -0.15) is 10.2 Å². The molecule has 0 aliphatic carbocycles. The summed E-state index contributed by atoms with van der Waals surface area (Å²) < 4.78 is 10.9. The minimum absolute atomic E-state index is 0.367. The number of aromatic nitrogens is 14. The smallest absolute Gasteiger partial charge is 0.234 e. The number of rotatable bonds is 10. The summed E-state index contributed by atoms with van der Waals surface area (Å²) in [6, 6.07) is 0. The zero-order valence-electron chi connectivity index (χ0n) is 63.5. The Morgan fingerprint density at radius 1 is 0.220 bits per heavy atom. The van der Waals surface area contributed by atoms with Crippen molar-refractivity contribution in [2.75, 3.05) is 0 Å². The second kappa shape index (κ2) is 28.6. The lowest BCUT2D eigenvalue weighted by Gasteiger charge is -2.18. The molecule has 496 valence electrons. The lowest BCUT2D eigenvalue weighted by atomic mass is 9.94. The van der Waals surface area contributed by atoms with Gasteiger partial charge in [0.2, 0.25) is 5.78 Å². The maximum atomic E-state index is 4.90. The van der Waals surface area contributed by atoms with Gasteiger partial charge in [0.15, 0.2) is 22.8 Å². The first-order chi connectivity index (χ1) is 42.1. The van der Waals surface area contributed by atoms with Gasteiger partial charge < -0.3 is 4.40 Å². The van der Waals surface area contributed by atoms with Gasteiger partial charge in [-0.05, 0) is 214 Å². The van der Waals surface area contributed by atoms with Gasteiger partial charge in [0, 0.05) is 51.5 Å². The molecule has 0 aliphatic heterocycles. The Labute approximate surface area is 548 Å². The van der Waals surface area contributed by atoms with Gasteiger partial charge >= 0.3 is 0 Å². The highest BCUT2D eigenvalue weighted by Gasteiger charge is 2.25. The second-order valence-corrected chi connectivity index (χ2v) is 29.3. The summed E-state index contributed by atoms with van der Waals surface area (Å²) in [5.41, 5.74) is 35.5. The largest absolute Gasteiger partial charge is 0.301 e. The van der Waals surface area contributed by atoms with E-state index in [4.69, 9.17) is 25.0 Å². The van der Waals surface area contributed by atoms with Crippen molar-refractivity contribution in [3.8, 4) is 0 Å². The van der Waals surface area contributed by atoms with Crippen molar-refractivity contribution < 1.29 is 0 Å². The van der Waals surface area contributed by atoms with Crippen molar-refractivity contribution in [2.45, 2.75) is 308 Å². The van der Waals surface area contributed by atoms with Crippen LogP contribution in [0.15, 0.2) is 0 Å². The van der Waals surface area contributed by atoms with E-state index < -0.39 is 0 Å². The van der Waals surface area contributed by atoms with Gasteiger partial charge in [0.25, 0.3) is 0 Å². The average Bonchev–Trinajstić information content (AvgIpc) is 1.70. The van der Waals surface area contributed by atoms with Crippen molar-refractivity contribution in [1.82, 2.24) is 67.3 Å². The summed E-state index contributed by atoms with van der Waals surface area (Å²) in [4.78, 5) is 33.2. The highest BCUT2D eigenvalue weighted by Crippen LogP contribution is 2.34. The van der Waals surface area contributed by atoms with Crippen molar-refractivity contribution >= 4 is 28.4 Å². The molecule has 0 N–H and O–H groups in total. The molecule has 0 spiro atoms. The quantitative estimate of drug-likeness (QED) is 0.131. The van der Waals surface area contributed by atoms with Crippen LogP contribution in [0.4, 0.5) is 0 Å². The summed E-state index contributed by atoms with van der Waals surface area (Å²) in [7, 11) is 0. The fourth-order valence-corrected chi connectivity index (χ4v) is 14.2. The Morgan fingerprint density at radius 2 is 0.560 bits per heavy atom. The number of hydrogen-bond acceptors (Lipinski definition) is 9. The highest BCUT2D eigenvalue weighted by atomic mass is 15.3. The topological polar surface area (TPSA) is 138 Å². The maximum Gasteiger partial charge on any atom is 0.234 e. The molecule has 91 heavy (non-hydrogen) atoms. The van der Waals surface area contributed by atoms with Gasteiger partial charge in [-0.1, -0.05) is 138 Å². The number of aryl methyl sites for hydroxylation is 13. The van der Waals surface area contributed by atoms with Gasteiger partial charge in [-0.15, -0.1) is 0 Å². The van der Waals surface area contributed by atoms with Crippen LogP contribution in [0, 0.1) is 111 Å². The van der Waals surface area contributed by atoms with Crippen LogP contribution in [-0.2, 0) is 0 Å². The molecule has 10 aromatic heterocycles. The average molecular weight is 1240 g/mol. The fraction of sp³-hybridized carbons (Fsp3) is 0.597. The maximum absolute atomic E-state index is 4.90. The Hall–Kier alpha value is -6.83. The monoisotopic (exact) mass is 1240 g/mol. The predicted molar refractivity (Wildman–Crippen MR) is 384 cm³/mol. The van der Waals surface area contributed by atoms with Crippen LogP contribution in [0.3, 0.4) is 0 Å². The molecule has 0 saturated heterocycles. The van der Waals surface area contributed by atoms with Crippen molar-refractivity contribution in [3.63, 3.8) is 0 Å². The summed E-state index contributed by atoms with van der Waals surface area (Å²) in [6.07, 6.45) is 0. The highest BCUT2D eigenvalue weighted by molar-refractivity contribution is 5.60. The molecule has 0 aliphatic rings. The molecule has 0 bridgehead atoms. The van der Waals surface area contributed by atoms with Crippen LogP contribution in [0.1, 0.15) is 345 Å². The Morgan fingerprint density at radius 3 is 1.01 bits per heavy atom. The summed E-state index contributed by atoms with van der Waals surface area (Å²) in [6.45, 7) is 78.6. The SMILES string of the molecule is Cc1c(C(C)C)c(C)n2c(C)c(C(C)C)nc2c1C.Cc1c(C(C)C)c(C)n2nc(C(C)C)nc2c1C.Cc1c(C(C)C)nn2c(C)c(C(C)C)nc2c1C.Cc1nc(C(C)C)c(C)n2c(C)c(C(C)C)nc12.Cc1nc2nc(C(C)C)c(C)n2c(C)c1C(C)C. The molecule has 10 rings (SSSR count). The Kier molecular flexibility index (Phi) is 23.0. The van der Waals surface area contributed by atoms with E-state index in [0.717, 1.165) is 57.0 Å². The Balaban J connectivity index is 0.000000181. The summed E-state index contributed by atoms with van der Waals surface area (Å²) in [5.74, 6) is 6.38. The third-order valence-corrected chi connectivity index (χ3v) is 18.9. The van der Waals surface area contributed by atoms with E-state index in [9.17, 15) is 0 Å². The van der Waals surface area contributed by atoms with Crippen LogP contribution < -0.4 is 0 Å². The van der Waals surface area contributed by atoms with E-state index in [2.05, 4.69) is 283 Å². The van der Waals surface area contributed by atoms with Gasteiger partial charge in [-0.3, -0.25) is 13.8 Å². The summed E-state index contributed by atoms with van der Waals surface area (Å²) >= 11 is 0. The molecule has 14 heteroatoms. The molecule has 0 atom stereocenters. The van der Waals surface area contributed by atoms with E-state index >= 15 is 0 Å². The molecule has 14 nitrogen and oxygen atoms in total. The number of pyridine rings is 2. The lowest BCUT2D eigenvalue weighted by Crippen LogP contribution is -2.07. The number of fused-ring (bicyclic) bond motifs is 5. The normalized spacial score (nSPS) is 12.1. The molecule has 10 heterocycles. The number of imidazole rings is 4. The fourth-order valence-electron chi connectivity index (χ4n) is 14.2. The first-order valence-electron chi connectivity index (χ1n) is 34.1. The van der Waals surface area contributed by atoms with Crippen molar-refractivity contribution in [3.05, 3.63) is 147 Å². The number of nitrogens with zero attached hydrogens (tertiary/aromatic N) is 14. The van der Waals surface area contributed by atoms with E-state index in [1.165, 1.54) is 118 Å². The number of hydrogen-bond donors (Lipinski definition) is 0. The molecule has 0 amide bonds. The van der Waals surface area contributed by atoms with Gasteiger partial charge in [0.05, 0.1) is 45.6 Å². The minimum atomic E-state index is 0.367. The van der Waals surface area contributed by atoms with Gasteiger partial charge in [-0.25, -0.2) is 38.9 Å². The van der Waals surface area contributed by atoms with E-state index in [0.29, 0.717) is 59.2 Å². The van der Waals surface area contributed by atoms with E-state index in [1.54, 1.807) is 0 Å². The minimum Gasteiger partial charge on any atom is -0.301 e. The molecule has 10 aromatic rings. The third kappa shape index (κ3) is 14.1. The Bertz CT molecular complexity index is 4240. The van der Waals surface area contributed by atoms with Crippen LogP contribution in [0.5, 0.6) is 0 Å². The van der Waals surface area contributed by atoms with E-state index in [-0.39, 0.29) is 0 Å². The van der Waals surface area contributed by atoms with Crippen LogP contribution in [-0.4, -0.2) is 67.3 Å². The molecular weight excluding hydrogens is 1120 g/mol. The first kappa shape index (κ1) is 73.2. The molecular formula is C77H118N14. The predicted octanol–water partition coefficient (Wildman–Crippen LogP) is 20.4. The van der Waals surface area contributed by atoms with Crippen LogP contribution >= 0.6 is 0 Å². The summed E-state index contributed by atoms with van der Waals surface area (Å²) in [5, 5.41) is 9.45. The second-order valence-electron chi connectivity index (χ2n) is 29.3. The molecule has 0 saturated carbocycles. The molecule has 0 radical (unpaired) electrons. The van der Waals surface area contributed by atoms with Crippen molar-refractivity contribution in [2.24, 2.45) is 0 Å². The standard InChI is InChI=1S/C17H26N2.4C15H23N3/c1-9(2)15-11(5)12(6)17-18-16(10(3)4)14(8)19(17)13(15)7;1-8(2)13-11(6)18-12(7)14(9(3)4)17-15(18)10(5)16-13;1-8(2)13-10(5)16-15-17-14(9(3)4)12(7)18(15)11(13)6;1-8(2)13-10(5)11(6)15-16-14(9(3)4)12(7)18(15)17-13;1-8(2)13-10(5)11(6)15-16-14(9(3)4)17-18(15)12(13)7/h9-10H,1-8H3;4*8-9H,1-7H3. The zero-order valence-corrected chi connectivity index (χ0v) is 63.5. The van der Waals surface area contributed by atoms with Crippen LogP contribution in [0.2, 0.25) is 0 Å².